The standard InChI is InChI=1S/C13H16N4OS/c1-3-17(8-10-6-4-5-7-11(10)14)13(18)12-9(2)15-16-19-12/h4-7H,3,8,14H2,1-2H3. The van der Waals surface area contributed by atoms with E-state index in [-0.39, 0.29) is 5.91 Å². The summed E-state index contributed by atoms with van der Waals surface area (Å²) in [4.78, 5) is 14.7. The molecule has 100 valence electrons. The molecule has 0 saturated carbocycles. The number of hydrogen-bond donors (Lipinski definition) is 1. The lowest BCUT2D eigenvalue weighted by molar-refractivity contribution is 0.0757. The summed E-state index contributed by atoms with van der Waals surface area (Å²) in [6.07, 6.45) is 0. The molecule has 0 unspecified atom stereocenters. The molecule has 0 aliphatic rings. The smallest absolute Gasteiger partial charge is 0.267 e. The Labute approximate surface area is 116 Å². The molecule has 2 rings (SSSR count). The van der Waals surface area contributed by atoms with Crippen molar-refractivity contribution in [2.45, 2.75) is 20.4 Å². The molecule has 5 nitrogen and oxygen atoms in total. The Kier molecular flexibility index (Phi) is 4.11. The number of nitrogen functional groups attached to an aromatic ring is 1. The van der Waals surface area contributed by atoms with Crippen molar-refractivity contribution in [3.63, 3.8) is 0 Å². The molecule has 0 bridgehead atoms. The molecule has 1 aromatic carbocycles. The number of hydrogen-bond acceptors (Lipinski definition) is 5. The van der Waals surface area contributed by atoms with Gasteiger partial charge in [0.25, 0.3) is 5.91 Å². The number of aromatic nitrogens is 2. The van der Waals surface area contributed by atoms with Gasteiger partial charge in [-0.25, -0.2) is 0 Å². The number of nitrogens with two attached hydrogens (primary N) is 1. The van der Waals surface area contributed by atoms with E-state index in [4.69, 9.17) is 5.73 Å². The van der Waals surface area contributed by atoms with Crippen molar-refractivity contribution >= 4 is 23.1 Å². The van der Waals surface area contributed by atoms with Crippen molar-refractivity contribution in [3.8, 4) is 0 Å². The first-order valence-corrected chi connectivity index (χ1v) is 6.82. The zero-order chi connectivity index (χ0) is 13.8. The lowest BCUT2D eigenvalue weighted by atomic mass is 10.1. The fraction of sp³-hybridized carbons (Fsp3) is 0.308. The van der Waals surface area contributed by atoms with E-state index in [0.717, 1.165) is 17.1 Å². The Bertz CT molecular complexity index is 582. The van der Waals surface area contributed by atoms with Crippen LogP contribution in [-0.2, 0) is 6.54 Å². The number of rotatable bonds is 4. The van der Waals surface area contributed by atoms with Gasteiger partial charge in [0, 0.05) is 18.8 Å². The summed E-state index contributed by atoms with van der Waals surface area (Å²) in [6.45, 7) is 4.85. The molecule has 2 aromatic rings. The van der Waals surface area contributed by atoms with Crippen molar-refractivity contribution in [3.05, 3.63) is 40.4 Å². The third kappa shape index (κ3) is 2.90. The van der Waals surface area contributed by atoms with Crippen molar-refractivity contribution in [1.29, 1.82) is 0 Å². The van der Waals surface area contributed by atoms with Crippen LogP contribution < -0.4 is 5.73 Å². The average Bonchev–Trinajstić information content (AvgIpc) is 2.83. The van der Waals surface area contributed by atoms with Crippen LogP contribution in [0.5, 0.6) is 0 Å². The highest BCUT2D eigenvalue weighted by Crippen LogP contribution is 2.17. The highest BCUT2D eigenvalue weighted by Gasteiger charge is 2.20. The van der Waals surface area contributed by atoms with Gasteiger partial charge in [0.2, 0.25) is 0 Å². The minimum absolute atomic E-state index is 0.0433. The summed E-state index contributed by atoms with van der Waals surface area (Å²) in [7, 11) is 0. The summed E-state index contributed by atoms with van der Waals surface area (Å²) >= 11 is 1.13. The maximum Gasteiger partial charge on any atom is 0.267 e. The van der Waals surface area contributed by atoms with Gasteiger partial charge in [-0.1, -0.05) is 22.7 Å². The van der Waals surface area contributed by atoms with E-state index in [1.54, 1.807) is 11.8 Å². The normalized spacial score (nSPS) is 10.4. The van der Waals surface area contributed by atoms with Crippen molar-refractivity contribution in [2.24, 2.45) is 0 Å². The van der Waals surface area contributed by atoms with Gasteiger partial charge in [-0.3, -0.25) is 4.79 Å². The number of amides is 1. The largest absolute Gasteiger partial charge is 0.398 e. The Morgan fingerprint density at radius 2 is 2.16 bits per heavy atom. The fourth-order valence-corrected chi connectivity index (χ4v) is 2.41. The topological polar surface area (TPSA) is 72.1 Å². The molecule has 0 aliphatic carbocycles. The van der Waals surface area contributed by atoms with Gasteiger partial charge in [0.05, 0.1) is 5.69 Å². The Hall–Kier alpha value is -1.95. The van der Waals surface area contributed by atoms with Crippen LogP contribution in [-0.4, -0.2) is 26.9 Å². The fourth-order valence-electron chi connectivity index (χ4n) is 1.78. The second-order valence-corrected chi connectivity index (χ2v) is 4.96. The molecule has 0 spiro atoms. The lowest BCUT2D eigenvalue weighted by Gasteiger charge is -2.21. The van der Waals surface area contributed by atoms with Gasteiger partial charge in [0.1, 0.15) is 4.88 Å². The summed E-state index contributed by atoms with van der Waals surface area (Å²) in [5.74, 6) is -0.0433. The highest BCUT2D eigenvalue weighted by molar-refractivity contribution is 7.07. The van der Waals surface area contributed by atoms with Crippen LogP contribution >= 0.6 is 11.5 Å². The van der Waals surface area contributed by atoms with Gasteiger partial charge in [-0.2, -0.15) is 0 Å². The van der Waals surface area contributed by atoms with E-state index in [0.29, 0.717) is 29.3 Å². The van der Waals surface area contributed by atoms with Gasteiger partial charge < -0.3 is 10.6 Å². The highest BCUT2D eigenvalue weighted by atomic mass is 32.1. The molecule has 0 radical (unpaired) electrons. The van der Waals surface area contributed by atoms with Gasteiger partial charge in [-0.15, -0.1) is 5.10 Å². The van der Waals surface area contributed by atoms with Crippen molar-refractivity contribution < 1.29 is 4.79 Å². The number of benzene rings is 1. The van der Waals surface area contributed by atoms with Gasteiger partial charge in [-0.05, 0) is 37.0 Å². The van der Waals surface area contributed by atoms with Crippen LogP contribution in [0.4, 0.5) is 5.69 Å². The summed E-state index contributed by atoms with van der Waals surface area (Å²) in [5, 5.41) is 3.88. The molecule has 0 fully saturated rings. The van der Waals surface area contributed by atoms with Crippen LogP contribution in [0.25, 0.3) is 0 Å². The van der Waals surface area contributed by atoms with E-state index in [9.17, 15) is 4.79 Å². The van der Waals surface area contributed by atoms with E-state index < -0.39 is 0 Å². The van der Waals surface area contributed by atoms with E-state index in [1.165, 1.54) is 0 Å². The molecular weight excluding hydrogens is 260 g/mol. The summed E-state index contributed by atoms with van der Waals surface area (Å²) < 4.78 is 3.80. The summed E-state index contributed by atoms with van der Waals surface area (Å²) in [5.41, 5.74) is 8.24. The quantitative estimate of drug-likeness (QED) is 0.868. The molecule has 1 amide bonds. The van der Waals surface area contributed by atoms with Crippen LogP contribution in [0.1, 0.15) is 27.9 Å². The zero-order valence-electron chi connectivity index (χ0n) is 11.0. The average molecular weight is 276 g/mol. The monoisotopic (exact) mass is 276 g/mol. The molecule has 0 saturated heterocycles. The molecule has 0 atom stereocenters. The molecule has 1 heterocycles. The summed E-state index contributed by atoms with van der Waals surface area (Å²) in [6, 6.07) is 7.58. The van der Waals surface area contributed by atoms with E-state index >= 15 is 0 Å². The minimum Gasteiger partial charge on any atom is -0.398 e. The van der Waals surface area contributed by atoms with Crippen molar-refractivity contribution in [2.75, 3.05) is 12.3 Å². The number of carbonyl (C=O) groups is 1. The minimum atomic E-state index is -0.0433. The molecule has 0 aliphatic heterocycles. The maximum absolute atomic E-state index is 12.4. The zero-order valence-corrected chi connectivity index (χ0v) is 11.8. The molecule has 1 aromatic heterocycles. The second-order valence-electron chi connectivity index (χ2n) is 4.21. The SMILES string of the molecule is CCN(Cc1ccccc1N)C(=O)c1snnc1C. The van der Waals surface area contributed by atoms with E-state index in [2.05, 4.69) is 9.59 Å². The van der Waals surface area contributed by atoms with Crippen LogP contribution in [0.3, 0.4) is 0 Å². The Morgan fingerprint density at radius 1 is 1.42 bits per heavy atom. The van der Waals surface area contributed by atoms with Crippen LogP contribution in [0.2, 0.25) is 0 Å². The molecule has 19 heavy (non-hydrogen) atoms. The second kappa shape index (κ2) is 5.79. The molecular formula is C13H16N4OS. The third-order valence-electron chi connectivity index (χ3n) is 2.93. The van der Waals surface area contributed by atoms with Gasteiger partial charge >= 0.3 is 0 Å². The number of aryl methyl sites for hydroxylation is 1. The lowest BCUT2D eigenvalue weighted by Crippen LogP contribution is -2.30. The number of para-hydroxylation sites is 1. The van der Waals surface area contributed by atoms with Crippen molar-refractivity contribution in [1.82, 2.24) is 14.5 Å². The Balaban J connectivity index is 2.20. The Morgan fingerprint density at radius 3 is 2.74 bits per heavy atom. The number of nitrogens with zero attached hydrogens (tertiary/aromatic N) is 3. The number of anilines is 1. The van der Waals surface area contributed by atoms with E-state index in [1.807, 2.05) is 31.2 Å². The van der Waals surface area contributed by atoms with Gasteiger partial charge in [0.15, 0.2) is 0 Å². The predicted molar refractivity (Wildman–Crippen MR) is 75.9 cm³/mol. The first-order valence-electron chi connectivity index (χ1n) is 6.05. The third-order valence-corrected chi connectivity index (χ3v) is 3.75. The van der Waals surface area contributed by atoms with Crippen LogP contribution in [0.15, 0.2) is 24.3 Å². The molecule has 6 heteroatoms. The first-order chi connectivity index (χ1) is 9.13. The maximum atomic E-state index is 12.4. The predicted octanol–water partition coefficient (Wildman–Crippen LogP) is 2.09. The van der Waals surface area contributed by atoms with Crippen LogP contribution in [0, 0.1) is 6.92 Å². The first kappa shape index (κ1) is 13.5. The molecule has 2 N–H and O–H groups in total. The number of carbonyl (C=O) groups excluding carboxylic acids is 1.